The Bertz CT molecular complexity index is 396. The first-order chi connectivity index (χ1) is 9.78. The number of nitrogens with zero attached hydrogens (tertiary/aromatic N) is 2. The van der Waals surface area contributed by atoms with E-state index in [0.29, 0.717) is 12.1 Å². The minimum Gasteiger partial charge on any atom is -0.378 e. The minimum atomic E-state index is 0.400. The van der Waals surface area contributed by atoms with Crippen molar-refractivity contribution >= 4 is 0 Å². The molecule has 2 rings (SSSR count). The molecule has 1 N–H and O–H groups in total. The molecule has 0 aromatic carbocycles. The van der Waals surface area contributed by atoms with E-state index in [2.05, 4.69) is 41.9 Å². The van der Waals surface area contributed by atoms with Gasteiger partial charge in [-0.25, -0.2) is 0 Å². The predicted octanol–water partition coefficient (Wildman–Crippen LogP) is 3.08. The van der Waals surface area contributed by atoms with Crippen LogP contribution in [-0.4, -0.2) is 29.0 Å². The Morgan fingerprint density at radius 1 is 1.45 bits per heavy atom. The van der Waals surface area contributed by atoms with E-state index < -0.39 is 0 Å². The maximum atomic E-state index is 5.75. The zero-order valence-electron chi connectivity index (χ0n) is 13.2. The molecule has 2 unspecified atom stereocenters. The molecule has 1 aromatic heterocycles. The zero-order chi connectivity index (χ0) is 14.4. The van der Waals surface area contributed by atoms with Gasteiger partial charge >= 0.3 is 0 Å². The monoisotopic (exact) mass is 279 g/mol. The predicted molar refractivity (Wildman–Crippen MR) is 81.9 cm³/mol. The Balaban J connectivity index is 2.03. The van der Waals surface area contributed by atoms with Gasteiger partial charge in [-0.1, -0.05) is 13.8 Å². The van der Waals surface area contributed by atoms with Crippen molar-refractivity contribution in [2.45, 2.75) is 71.6 Å². The summed E-state index contributed by atoms with van der Waals surface area (Å²) in [5, 5.41) is 8.29. The molecule has 4 heteroatoms. The van der Waals surface area contributed by atoms with Crippen molar-refractivity contribution in [1.29, 1.82) is 0 Å². The summed E-state index contributed by atoms with van der Waals surface area (Å²) in [6.07, 6.45) is 6.21. The molecular weight excluding hydrogens is 250 g/mol. The van der Waals surface area contributed by atoms with Crippen LogP contribution in [0.5, 0.6) is 0 Å². The van der Waals surface area contributed by atoms with E-state index in [4.69, 9.17) is 4.74 Å². The summed E-state index contributed by atoms with van der Waals surface area (Å²) < 4.78 is 7.90. The van der Waals surface area contributed by atoms with E-state index in [0.717, 1.165) is 39.0 Å². The smallest absolute Gasteiger partial charge is 0.0625 e. The molecule has 114 valence electrons. The standard InChI is InChI=1S/C16H29N3O/c1-4-13-12-16(19(6-3)18-13)15(17-5-2)10-9-14-8-7-11-20-14/h12,14-15,17H,4-11H2,1-3H3. The van der Waals surface area contributed by atoms with E-state index in [-0.39, 0.29) is 0 Å². The largest absolute Gasteiger partial charge is 0.378 e. The fraction of sp³-hybridized carbons (Fsp3) is 0.812. The molecule has 1 aliphatic heterocycles. The number of hydrogen-bond acceptors (Lipinski definition) is 3. The molecule has 0 bridgehead atoms. The third kappa shape index (κ3) is 3.83. The first-order valence-corrected chi connectivity index (χ1v) is 8.20. The van der Waals surface area contributed by atoms with E-state index in [9.17, 15) is 0 Å². The van der Waals surface area contributed by atoms with E-state index in [1.54, 1.807) is 0 Å². The van der Waals surface area contributed by atoms with Gasteiger partial charge < -0.3 is 10.1 Å². The van der Waals surface area contributed by atoms with E-state index in [1.165, 1.54) is 24.2 Å². The highest BCUT2D eigenvalue weighted by Gasteiger charge is 2.21. The van der Waals surface area contributed by atoms with Gasteiger partial charge in [-0.05, 0) is 51.6 Å². The molecule has 0 aliphatic carbocycles. The van der Waals surface area contributed by atoms with Crippen LogP contribution in [0.4, 0.5) is 0 Å². The lowest BCUT2D eigenvalue weighted by Crippen LogP contribution is -2.25. The number of hydrogen-bond donors (Lipinski definition) is 1. The van der Waals surface area contributed by atoms with Gasteiger partial charge in [0.05, 0.1) is 17.5 Å². The second-order valence-electron chi connectivity index (χ2n) is 5.55. The quantitative estimate of drug-likeness (QED) is 0.795. The highest BCUT2D eigenvalue weighted by atomic mass is 16.5. The first-order valence-electron chi connectivity index (χ1n) is 8.20. The highest BCUT2D eigenvalue weighted by molar-refractivity contribution is 5.14. The van der Waals surface area contributed by atoms with Crippen molar-refractivity contribution in [1.82, 2.24) is 15.1 Å². The lowest BCUT2D eigenvalue weighted by Gasteiger charge is -2.20. The fourth-order valence-electron chi connectivity index (χ4n) is 3.02. The normalized spacial score (nSPS) is 20.4. The minimum absolute atomic E-state index is 0.400. The Kier molecular flexibility index (Phi) is 6.05. The Morgan fingerprint density at radius 2 is 2.30 bits per heavy atom. The summed E-state index contributed by atoms with van der Waals surface area (Å²) in [5.41, 5.74) is 2.53. The molecule has 1 aromatic rings. The van der Waals surface area contributed by atoms with E-state index >= 15 is 0 Å². The van der Waals surface area contributed by atoms with Gasteiger partial charge in [0.15, 0.2) is 0 Å². The van der Waals surface area contributed by atoms with Crippen LogP contribution in [0.15, 0.2) is 6.07 Å². The van der Waals surface area contributed by atoms with Gasteiger partial charge in [-0.2, -0.15) is 5.10 Å². The topological polar surface area (TPSA) is 39.1 Å². The maximum Gasteiger partial charge on any atom is 0.0625 e. The molecule has 0 radical (unpaired) electrons. The molecule has 1 aliphatic rings. The van der Waals surface area contributed by atoms with Crippen molar-refractivity contribution in [3.05, 3.63) is 17.5 Å². The molecule has 0 saturated carbocycles. The van der Waals surface area contributed by atoms with Gasteiger partial charge in [0, 0.05) is 19.2 Å². The third-order valence-electron chi connectivity index (χ3n) is 4.13. The summed E-state index contributed by atoms with van der Waals surface area (Å²) in [6, 6.07) is 2.67. The molecule has 2 heterocycles. The summed E-state index contributed by atoms with van der Waals surface area (Å²) >= 11 is 0. The number of aryl methyl sites for hydroxylation is 2. The van der Waals surface area contributed by atoms with Crippen molar-refractivity contribution in [3.8, 4) is 0 Å². The second-order valence-corrected chi connectivity index (χ2v) is 5.55. The lowest BCUT2D eigenvalue weighted by molar-refractivity contribution is 0.0993. The SMILES string of the molecule is CCNC(CCC1CCCO1)c1cc(CC)nn1CC. The average Bonchev–Trinajstić information content (AvgIpc) is 3.12. The van der Waals surface area contributed by atoms with Gasteiger partial charge in [0.1, 0.15) is 0 Å². The molecule has 1 saturated heterocycles. The van der Waals surface area contributed by atoms with Crippen molar-refractivity contribution in [3.63, 3.8) is 0 Å². The van der Waals surface area contributed by atoms with Crippen LogP contribution in [0, 0.1) is 0 Å². The van der Waals surface area contributed by atoms with Crippen LogP contribution in [0.3, 0.4) is 0 Å². The fourth-order valence-corrected chi connectivity index (χ4v) is 3.02. The van der Waals surface area contributed by atoms with Crippen LogP contribution in [0.25, 0.3) is 0 Å². The molecule has 2 atom stereocenters. The number of aromatic nitrogens is 2. The number of nitrogens with one attached hydrogen (secondary N) is 1. The Morgan fingerprint density at radius 3 is 2.90 bits per heavy atom. The lowest BCUT2D eigenvalue weighted by atomic mass is 10.0. The summed E-state index contributed by atoms with van der Waals surface area (Å²) in [6.45, 7) is 9.39. The average molecular weight is 279 g/mol. The van der Waals surface area contributed by atoms with Crippen molar-refractivity contribution in [2.24, 2.45) is 0 Å². The van der Waals surface area contributed by atoms with Gasteiger partial charge in [0.25, 0.3) is 0 Å². The highest BCUT2D eigenvalue weighted by Crippen LogP contribution is 2.25. The maximum absolute atomic E-state index is 5.75. The van der Waals surface area contributed by atoms with Crippen molar-refractivity contribution in [2.75, 3.05) is 13.2 Å². The van der Waals surface area contributed by atoms with Gasteiger partial charge in [-0.15, -0.1) is 0 Å². The Hall–Kier alpha value is -0.870. The van der Waals surface area contributed by atoms with Gasteiger partial charge in [0.2, 0.25) is 0 Å². The van der Waals surface area contributed by atoms with Crippen molar-refractivity contribution < 1.29 is 4.74 Å². The van der Waals surface area contributed by atoms with Crippen LogP contribution in [0.1, 0.15) is 63.9 Å². The third-order valence-corrected chi connectivity index (χ3v) is 4.13. The molecular formula is C16H29N3O. The van der Waals surface area contributed by atoms with Crippen LogP contribution in [-0.2, 0) is 17.7 Å². The molecule has 1 fully saturated rings. The van der Waals surface area contributed by atoms with E-state index in [1.807, 2.05) is 0 Å². The Labute approximate surface area is 122 Å². The first kappa shape index (κ1) is 15.5. The van der Waals surface area contributed by atoms with Crippen LogP contribution >= 0.6 is 0 Å². The second kappa shape index (κ2) is 7.79. The molecule has 0 amide bonds. The molecule has 4 nitrogen and oxygen atoms in total. The van der Waals surface area contributed by atoms with Crippen LogP contribution in [0.2, 0.25) is 0 Å². The zero-order valence-corrected chi connectivity index (χ0v) is 13.2. The summed E-state index contributed by atoms with van der Waals surface area (Å²) in [7, 11) is 0. The number of ether oxygens (including phenoxy) is 1. The van der Waals surface area contributed by atoms with Crippen LogP contribution < -0.4 is 5.32 Å². The van der Waals surface area contributed by atoms with Gasteiger partial charge in [-0.3, -0.25) is 4.68 Å². The molecule has 0 spiro atoms. The summed E-state index contributed by atoms with van der Waals surface area (Å²) in [4.78, 5) is 0. The molecule has 20 heavy (non-hydrogen) atoms. The number of rotatable bonds is 8. The summed E-state index contributed by atoms with van der Waals surface area (Å²) in [5.74, 6) is 0.